The summed E-state index contributed by atoms with van der Waals surface area (Å²) in [6.45, 7) is 3.26. The number of benzene rings is 2. The Morgan fingerprint density at radius 3 is 2.31 bits per heavy atom. The van der Waals surface area contributed by atoms with E-state index >= 15 is 0 Å². The third-order valence-electron chi connectivity index (χ3n) is 3.70. The zero-order valence-electron chi connectivity index (χ0n) is 14.2. The highest BCUT2D eigenvalue weighted by Gasteiger charge is 2.26. The van der Waals surface area contributed by atoms with E-state index in [0.717, 1.165) is 12.1 Å². The maximum absolute atomic E-state index is 12.5. The Hall–Kier alpha value is -2.32. The quantitative estimate of drug-likeness (QED) is 0.803. The van der Waals surface area contributed by atoms with Gasteiger partial charge in [0.15, 0.2) is 0 Å². The van der Waals surface area contributed by atoms with Crippen LogP contribution in [0.25, 0.3) is 0 Å². The predicted octanol–water partition coefficient (Wildman–Crippen LogP) is 3.09. The molecule has 0 aliphatic rings. The van der Waals surface area contributed by atoms with Crippen molar-refractivity contribution in [1.29, 1.82) is 0 Å². The van der Waals surface area contributed by atoms with Gasteiger partial charge in [0.1, 0.15) is 0 Å². The number of halogens is 2. The van der Waals surface area contributed by atoms with Gasteiger partial charge in [0, 0.05) is 5.69 Å². The van der Waals surface area contributed by atoms with E-state index in [0.29, 0.717) is 16.8 Å². The van der Waals surface area contributed by atoms with E-state index in [1.165, 1.54) is 12.1 Å². The molecule has 0 aromatic heterocycles. The molecule has 0 saturated heterocycles. The fourth-order valence-corrected chi connectivity index (χ4v) is 2.99. The van der Waals surface area contributed by atoms with Crippen molar-refractivity contribution in [3.05, 3.63) is 59.7 Å². The summed E-state index contributed by atoms with van der Waals surface area (Å²) < 4.78 is 47.7. The predicted molar refractivity (Wildman–Crippen MR) is 93.7 cm³/mol. The van der Waals surface area contributed by atoms with Gasteiger partial charge in [-0.3, -0.25) is 4.79 Å². The Bertz CT molecular complexity index is 888. The Kier molecular flexibility index (Phi) is 5.77. The van der Waals surface area contributed by atoms with Crippen LogP contribution in [0.1, 0.15) is 25.0 Å². The van der Waals surface area contributed by atoms with Crippen LogP contribution in [0.15, 0.2) is 53.4 Å². The third kappa shape index (κ3) is 4.86. The first-order valence-corrected chi connectivity index (χ1v) is 9.28. The summed E-state index contributed by atoms with van der Waals surface area (Å²) in [4.78, 5) is 11.6. The van der Waals surface area contributed by atoms with Gasteiger partial charge in [-0.2, -0.15) is 8.78 Å². The molecule has 2 N–H and O–H groups in total. The number of anilines is 1. The van der Waals surface area contributed by atoms with E-state index in [9.17, 15) is 27.1 Å². The van der Waals surface area contributed by atoms with E-state index in [4.69, 9.17) is 0 Å². The van der Waals surface area contributed by atoms with E-state index in [2.05, 4.69) is 5.32 Å². The topological polar surface area (TPSA) is 83.5 Å². The number of alkyl halides is 2. The first-order chi connectivity index (χ1) is 12.0. The number of hydrogen-bond donors (Lipinski definition) is 2. The summed E-state index contributed by atoms with van der Waals surface area (Å²) in [7, 11) is -4.65. The minimum atomic E-state index is -4.65. The molecule has 1 amide bonds. The van der Waals surface area contributed by atoms with Crippen LogP contribution in [0.2, 0.25) is 0 Å². The molecular formula is C18H19F2NO4S. The lowest BCUT2D eigenvalue weighted by Gasteiger charge is -2.18. The largest absolute Gasteiger partial charge is 0.386 e. The van der Waals surface area contributed by atoms with Crippen molar-refractivity contribution in [2.75, 3.05) is 5.32 Å². The van der Waals surface area contributed by atoms with Gasteiger partial charge in [-0.05, 0) is 49.2 Å². The second-order valence-electron chi connectivity index (χ2n) is 6.31. The average molecular weight is 383 g/mol. The van der Waals surface area contributed by atoms with Crippen molar-refractivity contribution in [3.63, 3.8) is 0 Å². The molecule has 2 aromatic carbocycles. The SMILES string of the molecule is CC(C)(O)c1cccc(NC(=O)Cc2ccc(S(=O)(=O)C(F)F)cc2)c1. The maximum atomic E-state index is 12.5. The third-order valence-corrected chi connectivity index (χ3v) is 5.10. The number of sulfone groups is 1. The summed E-state index contributed by atoms with van der Waals surface area (Å²) in [5.74, 6) is -3.85. The number of aliphatic hydroxyl groups is 1. The molecule has 26 heavy (non-hydrogen) atoms. The number of amides is 1. The zero-order chi connectivity index (χ0) is 19.5. The van der Waals surface area contributed by atoms with Gasteiger partial charge in [-0.15, -0.1) is 0 Å². The van der Waals surface area contributed by atoms with Crippen LogP contribution in [0.3, 0.4) is 0 Å². The van der Waals surface area contributed by atoms with Gasteiger partial charge in [0.2, 0.25) is 15.7 Å². The van der Waals surface area contributed by atoms with Gasteiger partial charge in [-0.1, -0.05) is 24.3 Å². The normalized spacial score (nSPS) is 12.2. The molecule has 0 aliphatic carbocycles. The van der Waals surface area contributed by atoms with Gasteiger partial charge >= 0.3 is 5.76 Å². The van der Waals surface area contributed by atoms with Crippen molar-refractivity contribution >= 4 is 21.4 Å². The van der Waals surface area contributed by atoms with Crippen LogP contribution in [0.4, 0.5) is 14.5 Å². The molecule has 2 aromatic rings. The van der Waals surface area contributed by atoms with Gasteiger partial charge in [0.05, 0.1) is 16.9 Å². The maximum Gasteiger partial charge on any atom is 0.341 e. The van der Waals surface area contributed by atoms with Crippen molar-refractivity contribution in [3.8, 4) is 0 Å². The number of rotatable bonds is 6. The summed E-state index contributed by atoms with van der Waals surface area (Å²) in [6, 6.07) is 11.5. The summed E-state index contributed by atoms with van der Waals surface area (Å²) in [5.41, 5.74) is 0.574. The van der Waals surface area contributed by atoms with Gasteiger partial charge in [0.25, 0.3) is 0 Å². The number of hydrogen-bond acceptors (Lipinski definition) is 4. The number of carbonyl (C=O) groups excluding carboxylic acids is 1. The molecule has 0 atom stereocenters. The Labute approximate surface area is 150 Å². The number of carbonyl (C=O) groups is 1. The summed E-state index contributed by atoms with van der Waals surface area (Å²) in [5, 5.41) is 12.7. The standard InChI is InChI=1S/C18H19F2NO4S/c1-18(2,23)13-4-3-5-14(11-13)21-16(22)10-12-6-8-15(9-7-12)26(24,25)17(19)20/h3-9,11,17,23H,10H2,1-2H3,(H,21,22). The monoisotopic (exact) mass is 383 g/mol. The molecular weight excluding hydrogens is 364 g/mol. The second-order valence-corrected chi connectivity index (χ2v) is 8.23. The number of nitrogens with one attached hydrogen (secondary N) is 1. The molecule has 140 valence electrons. The minimum Gasteiger partial charge on any atom is -0.386 e. The molecule has 2 rings (SSSR count). The molecule has 0 fully saturated rings. The average Bonchev–Trinajstić information content (AvgIpc) is 2.54. The van der Waals surface area contributed by atoms with Crippen LogP contribution in [0.5, 0.6) is 0 Å². The molecule has 8 heteroatoms. The van der Waals surface area contributed by atoms with Crippen LogP contribution >= 0.6 is 0 Å². The molecule has 0 saturated carbocycles. The Morgan fingerprint density at radius 1 is 1.15 bits per heavy atom. The molecule has 0 spiro atoms. The van der Waals surface area contributed by atoms with Crippen molar-refractivity contribution in [2.24, 2.45) is 0 Å². The molecule has 0 heterocycles. The van der Waals surface area contributed by atoms with E-state index in [-0.39, 0.29) is 12.3 Å². The van der Waals surface area contributed by atoms with Gasteiger partial charge < -0.3 is 10.4 Å². The molecule has 0 radical (unpaired) electrons. The van der Waals surface area contributed by atoms with Crippen molar-refractivity contribution in [1.82, 2.24) is 0 Å². The second kappa shape index (κ2) is 7.51. The van der Waals surface area contributed by atoms with Crippen molar-refractivity contribution in [2.45, 2.75) is 36.5 Å². The van der Waals surface area contributed by atoms with Crippen LogP contribution < -0.4 is 5.32 Å². The summed E-state index contributed by atoms with van der Waals surface area (Å²) in [6.07, 6.45) is -0.0538. The van der Waals surface area contributed by atoms with Crippen LogP contribution in [0, 0.1) is 0 Å². The lowest BCUT2D eigenvalue weighted by Crippen LogP contribution is -2.18. The van der Waals surface area contributed by atoms with E-state index < -0.39 is 26.1 Å². The lowest BCUT2D eigenvalue weighted by atomic mass is 9.98. The summed E-state index contributed by atoms with van der Waals surface area (Å²) >= 11 is 0. The van der Waals surface area contributed by atoms with Crippen LogP contribution in [-0.2, 0) is 26.7 Å². The van der Waals surface area contributed by atoms with E-state index in [1.807, 2.05) is 0 Å². The minimum absolute atomic E-state index is 0.0538. The highest BCUT2D eigenvalue weighted by Crippen LogP contribution is 2.23. The Morgan fingerprint density at radius 2 is 1.77 bits per heavy atom. The zero-order valence-corrected chi connectivity index (χ0v) is 15.1. The van der Waals surface area contributed by atoms with Crippen LogP contribution in [-0.4, -0.2) is 25.2 Å². The molecule has 0 unspecified atom stereocenters. The lowest BCUT2D eigenvalue weighted by molar-refractivity contribution is -0.115. The fourth-order valence-electron chi connectivity index (χ4n) is 2.27. The van der Waals surface area contributed by atoms with E-state index in [1.54, 1.807) is 38.1 Å². The van der Waals surface area contributed by atoms with Crippen molar-refractivity contribution < 1.29 is 27.1 Å². The first-order valence-electron chi connectivity index (χ1n) is 7.74. The highest BCUT2D eigenvalue weighted by molar-refractivity contribution is 7.91. The molecule has 0 aliphatic heterocycles. The fraction of sp³-hybridized carbons (Fsp3) is 0.278. The molecule has 0 bridgehead atoms. The smallest absolute Gasteiger partial charge is 0.341 e. The Balaban J connectivity index is 2.07. The highest BCUT2D eigenvalue weighted by atomic mass is 32.2. The molecule has 5 nitrogen and oxygen atoms in total. The van der Waals surface area contributed by atoms with Gasteiger partial charge in [-0.25, -0.2) is 8.42 Å². The first kappa shape index (κ1) is 20.0.